The molecule has 0 atom stereocenters. The third-order valence-electron chi connectivity index (χ3n) is 3.12. The molecule has 2 aromatic rings. The zero-order valence-electron chi connectivity index (χ0n) is 9.96. The minimum atomic E-state index is -0.451. The Morgan fingerprint density at radius 2 is 2.21 bits per heavy atom. The number of aromatic nitrogens is 2. The molecule has 3 rings (SSSR count). The number of halogens is 2. The van der Waals surface area contributed by atoms with Crippen LogP contribution in [0, 0.1) is 5.82 Å². The summed E-state index contributed by atoms with van der Waals surface area (Å²) in [5.74, 6) is -0.209. The van der Waals surface area contributed by atoms with Gasteiger partial charge in [-0.1, -0.05) is 11.6 Å². The highest BCUT2D eigenvalue weighted by molar-refractivity contribution is 6.30. The van der Waals surface area contributed by atoms with E-state index in [0.29, 0.717) is 5.02 Å². The van der Waals surface area contributed by atoms with E-state index in [4.69, 9.17) is 11.6 Å². The number of nitrogens with zero attached hydrogens (tertiary/aromatic N) is 1. The summed E-state index contributed by atoms with van der Waals surface area (Å²) in [5, 5.41) is 3.17. The third kappa shape index (κ3) is 2.33. The third-order valence-corrected chi connectivity index (χ3v) is 3.36. The van der Waals surface area contributed by atoms with Crippen LogP contribution in [0.2, 0.25) is 5.02 Å². The Kier molecular flexibility index (Phi) is 2.98. The van der Waals surface area contributed by atoms with Crippen molar-refractivity contribution >= 4 is 23.2 Å². The van der Waals surface area contributed by atoms with E-state index >= 15 is 0 Å². The van der Waals surface area contributed by atoms with Crippen molar-refractivity contribution in [3.05, 3.63) is 50.7 Å². The molecule has 1 aromatic heterocycles. The molecule has 0 bridgehead atoms. The highest BCUT2D eigenvalue weighted by atomic mass is 35.5. The van der Waals surface area contributed by atoms with Crippen LogP contribution in [0.1, 0.15) is 17.7 Å². The predicted octanol–water partition coefficient (Wildman–Crippen LogP) is 2.79. The van der Waals surface area contributed by atoms with Crippen molar-refractivity contribution in [3.63, 3.8) is 0 Å². The van der Waals surface area contributed by atoms with Gasteiger partial charge in [-0.25, -0.2) is 9.37 Å². The van der Waals surface area contributed by atoms with E-state index in [0.717, 1.165) is 30.5 Å². The number of hydrogen-bond acceptors (Lipinski definition) is 3. The van der Waals surface area contributed by atoms with Crippen LogP contribution in [0.15, 0.2) is 23.0 Å². The van der Waals surface area contributed by atoms with Gasteiger partial charge >= 0.3 is 0 Å². The number of fused-ring (bicyclic) bond motifs is 1. The molecule has 0 saturated heterocycles. The lowest BCUT2D eigenvalue weighted by atomic mass is 10.2. The molecule has 1 aromatic carbocycles. The Bertz CT molecular complexity index is 699. The van der Waals surface area contributed by atoms with Gasteiger partial charge in [0.2, 0.25) is 5.95 Å². The minimum Gasteiger partial charge on any atom is -0.323 e. The van der Waals surface area contributed by atoms with Gasteiger partial charge in [-0.05, 0) is 37.5 Å². The standard InChI is InChI=1S/C13H11ClFN3O/c14-7-4-5-9(15)11(6-7)17-13-16-10-3-1-2-8(10)12(19)18-13/h4-6H,1-3H2,(H2,16,17,18,19). The van der Waals surface area contributed by atoms with Gasteiger partial charge in [0.25, 0.3) is 5.56 Å². The molecule has 0 amide bonds. The molecule has 6 heteroatoms. The van der Waals surface area contributed by atoms with Gasteiger partial charge in [0, 0.05) is 10.6 Å². The smallest absolute Gasteiger partial charge is 0.255 e. The number of aryl methyl sites for hydroxylation is 1. The summed E-state index contributed by atoms with van der Waals surface area (Å²) >= 11 is 5.81. The molecule has 0 fully saturated rings. The number of benzene rings is 1. The molecular formula is C13H11ClFN3O. The van der Waals surface area contributed by atoms with Crippen LogP contribution < -0.4 is 10.9 Å². The van der Waals surface area contributed by atoms with Gasteiger partial charge in [0.1, 0.15) is 5.82 Å². The molecule has 0 aliphatic heterocycles. The van der Waals surface area contributed by atoms with Crippen molar-refractivity contribution in [1.82, 2.24) is 9.97 Å². The van der Waals surface area contributed by atoms with Crippen LogP contribution in [-0.4, -0.2) is 9.97 Å². The Hall–Kier alpha value is -1.88. The molecule has 98 valence electrons. The van der Waals surface area contributed by atoms with Crippen molar-refractivity contribution in [1.29, 1.82) is 0 Å². The summed E-state index contributed by atoms with van der Waals surface area (Å²) in [6.45, 7) is 0. The first-order valence-electron chi connectivity index (χ1n) is 5.97. The van der Waals surface area contributed by atoms with Gasteiger partial charge in [0.15, 0.2) is 0 Å². The molecule has 1 aliphatic carbocycles. The van der Waals surface area contributed by atoms with Crippen molar-refractivity contribution in [3.8, 4) is 0 Å². The minimum absolute atomic E-state index is 0.160. The van der Waals surface area contributed by atoms with E-state index in [-0.39, 0.29) is 17.2 Å². The van der Waals surface area contributed by atoms with Crippen molar-refractivity contribution in [2.24, 2.45) is 0 Å². The van der Waals surface area contributed by atoms with E-state index in [1.165, 1.54) is 18.2 Å². The lowest BCUT2D eigenvalue weighted by Crippen LogP contribution is -2.16. The second-order valence-corrected chi connectivity index (χ2v) is 4.88. The van der Waals surface area contributed by atoms with E-state index in [9.17, 15) is 9.18 Å². The first kappa shape index (κ1) is 12.2. The lowest BCUT2D eigenvalue weighted by Gasteiger charge is -2.08. The zero-order valence-corrected chi connectivity index (χ0v) is 10.7. The fourth-order valence-corrected chi connectivity index (χ4v) is 2.39. The number of anilines is 2. The lowest BCUT2D eigenvalue weighted by molar-refractivity contribution is 0.631. The maximum absolute atomic E-state index is 13.6. The fraction of sp³-hybridized carbons (Fsp3) is 0.231. The molecule has 0 unspecified atom stereocenters. The quantitative estimate of drug-likeness (QED) is 0.889. The summed E-state index contributed by atoms with van der Waals surface area (Å²) in [7, 11) is 0. The summed E-state index contributed by atoms with van der Waals surface area (Å²) in [4.78, 5) is 18.7. The number of H-pyrrole nitrogens is 1. The molecule has 0 saturated carbocycles. The predicted molar refractivity (Wildman–Crippen MR) is 71.6 cm³/mol. The van der Waals surface area contributed by atoms with Crippen molar-refractivity contribution < 1.29 is 4.39 Å². The molecule has 0 spiro atoms. The molecule has 4 nitrogen and oxygen atoms in total. The van der Waals surface area contributed by atoms with Crippen LogP contribution in [0.4, 0.5) is 16.0 Å². The average Bonchev–Trinajstić information content (AvgIpc) is 2.82. The van der Waals surface area contributed by atoms with Crippen LogP contribution in [0.25, 0.3) is 0 Å². The SMILES string of the molecule is O=c1[nH]c(Nc2cc(Cl)ccc2F)nc2c1CCC2. The first-order chi connectivity index (χ1) is 9.13. The molecule has 19 heavy (non-hydrogen) atoms. The highest BCUT2D eigenvalue weighted by Crippen LogP contribution is 2.23. The maximum atomic E-state index is 13.6. The van der Waals surface area contributed by atoms with Gasteiger partial charge in [0.05, 0.1) is 11.4 Å². The Morgan fingerprint density at radius 3 is 3.05 bits per heavy atom. The first-order valence-corrected chi connectivity index (χ1v) is 6.35. The summed E-state index contributed by atoms with van der Waals surface area (Å²) < 4.78 is 13.6. The van der Waals surface area contributed by atoms with E-state index in [1.807, 2.05) is 0 Å². The number of nitrogens with one attached hydrogen (secondary N) is 2. The number of hydrogen-bond donors (Lipinski definition) is 2. The van der Waals surface area contributed by atoms with Gasteiger partial charge in [-0.15, -0.1) is 0 Å². The monoisotopic (exact) mass is 279 g/mol. The van der Waals surface area contributed by atoms with E-state index in [1.54, 1.807) is 0 Å². The Balaban J connectivity index is 1.98. The normalized spacial score (nSPS) is 13.4. The maximum Gasteiger partial charge on any atom is 0.255 e. The second-order valence-electron chi connectivity index (χ2n) is 4.44. The van der Waals surface area contributed by atoms with Gasteiger partial charge < -0.3 is 5.32 Å². The average molecular weight is 280 g/mol. The largest absolute Gasteiger partial charge is 0.323 e. The Morgan fingerprint density at radius 1 is 1.37 bits per heavy atom. The zero-order chi connectivity index (χ0) is 13.4. The van der Waals surface area contributed by atoms with Crippen molar-refractivity contribution in [2.75, 3.05) is 5.32 Å². The van der Waals surface area contributed by atoms with Crippen LogP contribution in [0.5, 0.6) is 0 Å². The summed E-state index contributed by atoms with van der Waals surface area (Å²) in [6.07, 6.45) is 2.47. The summed E-state index contributed by atoms with van der Waals surface area (Å²) in [5.41, 5.74) is 1.55. The molecule has 2 N–H and O–H groups in total. The van der Waals surface area contributed by atoms with E-state index in [2.05, 4.69) is 15.3 Å². The number of rotatable bonds is 2. The highest BCUT2D eigenvalue weighted by Gasteiger charge is 2.17. The van der Waals surface area contributed by atoms with Gasteiger partial charge in [-0.2, -0.15) is 0 Å². The fourth-order valence-electron chi connectivity index (χ4n) is 2.22. The van der Waals surface area contributed by atoms with Gasteiger partial charge in [-0.3, -0.25) is 9.78 Å². The van der Waals surface area contributed by atoms with Crippen LogP contribution in [-0.2, 0) is 12.8 Å². The molecule has 1 heterocycles. The number of aromatic amines is 1. The second kappa shape index (κ2) is 4.66. The van der Waals surface area contributed by atoms with E-state index < -0.39 is 5.82 Å². The topological polar surface area (TPSA) is 57.8 Å². The molecule has 1 aliphatic rings. The van der Waals surface area contributed by atoms with Crippen molar-refractivity contribution in [2.45, 2.75) is 19.3 Å². The molecular weight excluding hydrogens is 269 g/mol. The summed E-state index contributed by atoms with van der Waals surface area (Å²) in [6, 6.07) is 4.17. The molecule has 0 radical (unpaired) electrons. The van der Waals surface area contributed by atoms with Crippen LogP contribution in [0.3, 0.4) is 0 Å². The Labute approximate surface area is 113 Å². The van der Waals surface area contributed by atoms with Crippen LogP contribution >= 0.6 is 11.6 Å².